The van der Waals surface area contributed by atoms with Crippen molar-refractivity contribution in [2.24, 2.45) is 0 Å². The minimum absolute atomic E-state index is 0.197. The Hall–Kier alpha value is -1.18. The van der Waals surface area contributed by atoms with E-state index in [0.29, 0.717) is 12.8 Å². The van der Waals surface area contributed by atoms with Crippen LogP contribution in [-0.4, -0.2) is 11.6 Å². The van der Waals surface area contributed by atoms with Crippen LogP contribution in [0, 0.1) is 0 Å². The third kappa shape index (κ3) is 6.93. The maximum Gasteiger partial charge on any atom is 0.159 e. The Morgan fingerprint density at radius 2 is 2.08 bits per heavy atom. The molecule has 1 rings (SSSR count). The first kappa shape index (κ1) is 10.8. The summed E-state index contributed by atoms with van der Waals surface area (Å²) in [7, 11) is 0. The van der Waals surface area contributed by atoms with Gasteiger partial charge in [-0.1, -0.05) is 25.2 Å². The van der Waals surface area contributed by atoms with Gasteiger partial charge in [0, 0.05) is 12.8 Å². The van der Waals surface area contributed by atoms with E-state index in [0.717, 1.165) is 0 Å². The van der Waals surface area contributed by atoms with Gasteiger partial charge in [-0.05, 0) is 13.0 Å². The number of carbonyl (C=O) groups is 2. The molecule has 0 saturated carbocycles. The van der Waals surface area contributed by atoms with Gasteiger partial charge in [-0.2, -0.15) is 0 Å². The Kier molecular flexibility index (Phi) is 5.88. The highest BCUT2D eigenvalue weighted by Crippen LogP contribution is 1.94. The Labute approximate surface area is 73.0 Å². The lowest BCUT2D eigenvalue weighted by atomic mass is 10.2. The van der Waals surface area contributed by atoms with Crippen molar-refractivity contribution in [3.8, 4) is 0 Å². The maximum atomic E-state index is 10.3. The van der Waals surface area contributed by atoms with Gasteiger partial charge in [0.1, 0.15) is 5.78 Å². The summed E-state index contributed by atoms with van der Waals surface area (Å²) >= 11 is 0. The Morgan fingerprint density at radius 3 is 2.25 bits per heavy atom. The van der Waals surface area contributed by atoms with Crippen molar-refractivity contribution in [3.63, 3.8) is 0 Å². The summed E-state index contributed by atoms with van der Waals surface area (Å²) in [6.07, 6.45) is 8.31. The van der Waals surface area contributed by atoms with Crippen molar-refractivity contribution < 1.29 is 9.59 Å². The average molecular weight is 166 g/mol. The van der Waals surface area contributed by atoms with E-state index in [9.17, 15) is 9.59 Å². The number of ketones is 2. The van der Waals surface area contributed by atoms with Gasteiger partial charge in [0.15, 0.2) is 5.78 Å². The monoisotopic (exact) mass is 166 g/mol. The maximum absolute atomic E-state index is 10.3. The SMILES string of the molecule is CCC(C)=O.O=C1C=CC=CC1. The summed E-state index contributed by atoms with van der Waals surface area (Å²) in [5.74, 6) is 0.451. The molecule has 2 nitrogen and oxygen atoms in total. The highest BCUT2D eigenvalue weighted by atomic mass is 16.1. The van der Waals surface area contributed by atoms with E-state index in [-0.39, 0.29) is 11.6 Å². The van der Waals surface area contributed by atoms with Crippen LogP contribution in [0.1, 0.15) is 26.7 Å². The van der Waals surface area contributed by atoms with Gasteiger partial charge in [0.2, 0.25) is 0 Å². The molecule has 0 fully saturated rings. The molecule has 0 aliphatic heterocycles. The standard InChI is InChI=1S/C6H6O.C4H8O/c7-6-4-2-1-3-5-6;1-3-4(2)5/h1-4H,5H2;3H2,1-2H3. The molecule has 0 N–H and O–H groups in total. The fraction of sp³-hybridized carbons (Fsp3) is 0.400. The number of hydrogen-bond donors (Lipinski definition) is 0. The predicted octanol–water partition coefficient (Wildman–Crippen LogP) is 2.06. The topological polar surface area (TPSA) is 34.1 Å². The molecule has 66 valence electrons. The largest absolute Gasteiger partial charge is 0.300 e. The van der Waals surface area contributed by atoms with Gasteiger partial charge < -0.3 is 4.79 Å². The van der Waals surface area contributed by atoms with E-state index in [1.165, 1.54) is 0 Å². The normalized spacial score (nSPS) is 13.7. The predicted molar refractivity (Wildman–Crippen MR) is 48.9 cm³/mol. The zero-order valence-corrected chi connectivity index (χ0v) is 7.54. The second-order valence-corrected chi connectivity index (χ2v) is 2.51. The molecule has 0 aromatic rings. The van der Waals surface area contributed by atoms with Crippen LogP contribution in [0.3, 0.4) is 0 Å². The zero-order valence-electron chi connectivity index (χ0n) is 7.54. The lowest BCUT2D eigenvalue weighted by Gasteiger charge is -1.88. The molecule has 0 saturated heterocycles. The summed E-state index contributed by atoms with van der Waals surface area (Å²) in [6, 6.07) is 0. The smallest absolute Gasteiger partial charge is 0.159 e. The third-order valence-electron chi connectivity index (χ3n) is 1.35. The summed E-state index contributed by atoms with van der Waals surface area (Å²) < 4.78 is 0. The molecule has 0 bridgehead atoms. The van der Waals surface area contributed by atoms with E-state index in [4.69, 9.17) is 0 Å². The van der Waals surface area contributed by atoms with Crippen LogP contribution in [-0.2, 0) is 9.59 Å². The Bertz CT molecular complexity index is 212. The second-order valence-electron chi connectivity index (χ2n) is 2.51. The summed E-state index contributed by atoms with van der Waals surface area (Å²) in [6.45, 7) is 3.43. The van der Waals surface area contributed by atoms with Crippen LogP contribution in [0.2, 0.25) is 0 Å². The number of allylic oxidation sites excluding steroid dienone is 4. The molecule has 1 aliphatic rings. The molecule has 0 amide bonds. The van der Waals surface area contributed by atoms with E-state index in [1.54, 1.807) is 19.1 Å². The molecule has 12 heavy (non-hydrogen) atoms. The number of Topliss-reactive ketones (excluding diaryl/α,β-unsaturated/α-hetero) is 1. The second kappa shape index (κ2) is 6.53. The Balaban J connectivity index is 0.000000217. The van der Waals surface area contributed by atoms with Crippen LogP contribution >= 0.6 is 0 Å². The van der Waals surface area contributed by atoms with Gasteiger partial charge in [0.25, 0.3) is 0 Å². The number of carbonyl (C=O) groups excluding carboxylic acids is 2. The van der Waals surface area contributed by atoms with Crippen molar-refractivity contribution in [1.82, 2.24) is 0 Å². The van der Waals surface area contributed by atoms with Crippen LogP contribution < -0.4 is 0 Å². The molecule has 0 aromatic carbocycles. The molecular formula is C10H14O2. The zero-order chi connectivity index (χ0) is 9.40. The average Bonchev–Trinajstić information content (AvgIpc) is 2.07. The molecular weight excluding hydrogens is 152 g/mol. The van der Waals surface area contributed by atoms with Crippen LogP contribution in [0.4, 0.5) is 0 Å². The fourth-order valence-electron chi connectivity index (χ4n) is 0.494. The van der Waals surface area contributed by atoms with Gasteiger partial charge in [-0.3, -0.25) is 4.79 Å². The molecule has 1 aliphatic carbocycles. The molecule has 2 heteroatoms. The van der Waals surface area contributed by atoms with Crippen molar-refractivity contribution >= 4 is 11.6 Å². The van der Waals surface area contributed by atoms with Crippen LogP contribution in [0.5, 0.6) is 0 Å². The van der Waals surface area contributed by atoms with Gasteiger partial charge >= 0.3 is 0 Å². The summed E-state index contributed by atoms with van der Waals surface area (Å²) in [4.78, 5) is 20.1. The number of hydrogen-bond acceptors (Lipinski definition) is 2. The van der Waals surface area contributed by atoms with Crippen LogP contribution in [0.15, 0.2) is 24.3 Å². The van der Waals surface area contributed by atoms with E-state index in [2.05, 4.69) is 0 Å². The van der Waals surface area contributed by atoms with E-state index in [1.807, 2.05) is 19.1 Å². The first-order valence-electron chi connectivity index (χ1n) is 4.02. The first-order valence-corrected chi connectivity index (χ1v) is 4.02. The van der Waals surface area contributed by atoms with E-state index < -0.39 is 0 Å². The van der Waals surface area contributed by atoms with Crippen molar-refractivity contribution in [2.45, 2.75) is 26.7 Å². The highest BCUT2D eigenvalue weighted by Gasteiger charge is 1.92. The van der Waals surface area contributed by atoms with Crippen molar-refractivity contribution in [2.75, 3.05) is 0 Å². The lowest BCUT2D eigenvalue weighted by molar-refractivity contribution is -0.116. The molecule has 0 heterocycles. The minimum atomic E-state index is 0.197. The Morgan fingerprint density at radius 1 is 1.50 bits per heavy atom. The van der Waals surface area contributed by atoms with Crippen LogP contribution in [0.25, 0.3) is 0 Å². The number of rotatable bonds is 1. The summed E-state index contributed by atoms with van der Waals surface area (Å²) in [5.41, 5.74) is 0. The van der Waals surface area contributed by atoms with Gasteiger partial charge in [-0.15, -0.1) is 0 Å². The van der Waals surface area contributed by atoms with Crippen molar-refractivity contribution in [1.29, 1.82) is 0 Å². The van der Waals surface area contributed by atoms with Crippen molar-refractivity contribution in [3.05, 3.63) is 24.3 Å². The minimum Gasteiger partial charge on any atom is -0.300 e. The molecule has 0 spiro atoms. The van der Waals surface area contributed by atoms with Gasteiger partial charge in [-0.25, -0.2) is 0 Å². The first-order chi connectivity index (χ1) is 5.66. The summed E-state index contributed by atoms with van der Waals surface area (Å²) in [5, 5.41) is 0. The van der Waals surface area contributed by atoms with Gasteiger partial charge in [0.05, 0.1) is 0 Å². The third-order valence-corrected chi connectivity index (χ3v) is 1.35. The van der Waals surface area contributed by atoms with E-state index >= 15 is 0 Å². The molecule has 0 unspecified atom stereocenters. The molecule has 0 aromatic heterocycles. The quantitative estimate of drug-likeness (QED) is 0.597. The highest BCUT2D eigenvalue weighted by molar-refractivity contribution is 5.92. The molecule has 0 radical (unpaired) electrons. The lowest BCUT2D eigenvalue weighted by Crippen LogP contribution is -1.90. The fourth-order valence-corrected chi connectivity index (χ4v) is 0.494. The molecule has 0 atom stereocenters.